The third-order valence-corrected chi connectivity index (χ3v) is 6.38. The number of thioether (sulfide) groups is 1. The van der Waals surface area contributed by atoms with E-state index in [-0.39, 0.29) is 0 Å². The molecule has 1 saturated carbocycles. The molecule has 0 heterocycles. The van der Waals surface area contributed by atoms with Crippen molar-refractivity contribution >= 4 is 11.8 Å². The lowest BCUT2D eigenvalue weighted by molar-refractivity contribution is 0.461. The first-order valence-electron chi connectivity index (χ1n) is 8.75. The molecule has 0 aromatic heterocycles. The van der Waals surface area contributed by atoms with Gasteiger partial charge in [-0.2, -0.15) is 11.8 Å². The Bertz CT molecular complexity index is 471. The fourth-order valence-corrected chi connectivity index (χ4v) is 5.09. The first kappa shape index (κ1) is 15.4. The predicted molar refractivity (Wildman–Crippen MR) is 94.2 cm³/mol. The van der Waals surface area contributed by atoms with Crippen LogP contribution in [0.2, 0.25) is 0 Å². The molecule has 1 fully saturated rings. The van der Waals surface area contributed by atoms with Gasteiger partial charge in [-0.05, 0) is 74.3 Å². The van der Waals surface area contributed by atoms with Crippen LogP contribution in [0.4, 0.5) is 0 Å². The molecular formula is C19H29NS. The largest absolute Gasteiger partial charge is 0.307 e. The van der Waals surface area contributed by atoms with E-state index in [1.807, 2.05) is 0 Å². The van der Waals surface area contributed by atoms with Gasteiger partial charge in [0.25, 0.3) is 0 Å². The smallest absolute Gasteiger partial charge is 0.0294 e. The zero-order valence-electron chi connectivity index (χ0n) is 13.5. The highest BCUT2D eigenvalue weighted by atomic mass is 32.2. The molecule has 0 aliphatic heterocycles. The summed E-state index contributed by atoms with van der Waals surface area (Å²) in [6, 6.07) is 8.42. The quantitative estimate of drug-likeness (QED) is 0.831. The van der Waals surface area contributed by atoms with E-state index >= 15 is 0 Å². The fourth-order valence-electron chi connectivity index (χ4n) is 3.95. The SMILES string of the molecule is CCSC1CCC(NC(C)c2ccc3c(c2)CCCC3)C1. The maximum absolute atomic E-state index is 3.88. The van der Waals surface area contributed by atoms with Gasteiger partial charge >= 0.3 is 0 Å². The molecule has 1 aromatic rings. The topological polar surface area (TPSA) is 12.0 Å². The first-order valence-corrected chi connectivity index (χ1v) is 9.80. The Balaban J connectivity index is 1.59. The van der Waals surface area contributed by atoms with Crippen LogP contribution >= 0.6 is 11.8 Å². The van der Waals surface area contributed by atoms with Crippen molar-refractivity contribution in [2.45, 2.75) is 76.1 Å². The highest BCUT2D eigenvalue weighted by Crippen LogP contribution is 2.31. The molecule has 1 nitrogen and oxygen atoms in total. The molecule has 21 heavy (non-hydrogen) atoms. The van der Waals surface area contributed by atoms with E-state index < -0.39 is 0 Å². The van der Waals surface area contributed by atoms with Crippen molar-refractivity contribution < 1.29 is 0 Å². The zero-order chi connectivity index (χ0) is 14.7. The highest BCUT2D eigenvalue weighted by molar-refractivity contribution is 7.99. The van der Waals surface area contributed by atoms with Gasteiger partial charge in [-0.1, -0.05) is 25.1 Å². The van der Waals surface area contributed by atoms with Crippen LogP contribution in [0.25, 0.3) is 0 Å². The van der Waals surface area contributed by atoms with Crippen LogP contribution in [-0.4, -0.2) is 17.0 Å². The van der Waals surface area contributed by atoms with Gasteiger partial charge < -0.3 is 5.32 Å². The van der Waals surface area contributed by atoms with Crippen molar-refractivity contribution in [1.29, 1.82) is 0 Å². The molecule has 2 aliphatic carbocycles. The van der Waals surface area contributed by atoms with Crippen LogP contribution in [0.5, 0.6) is 0 Å². The number of nitrogens with one attached hydrogen (secondary N) is 1. The van der Waals surface area contributed by atoms with Gasteiger partial charge in [0.15, 0.2) is 0 Å². The summed E-state index contributed by atoms with van der Waals surface area (Å²) in [4.78, 5) is 0. The fraction of sp³-hybridized carbons (Fsp3) is 0.684. The maximum Gasteiger partial charge on any atom is 0.0294 e. The number of hydrogen-bond acceptors (Lipinski definition) is 2. The maximum atomic E-state index is 3.88. The second-order valence-corrected chi connectivity index (χ2v) is 8.29. The minimum atomic E-state index is 0.493. The molecule has 0 bridgehead atoms. The Morgan fingerprint density at radius 3 is 2.81 bits per heavy atom. The van der Waals surface area contributed by atoms with E-state index in [2.05, 4.69) is 49.1 Å². The summed E-state index contributed by atoms with van der Waals surface area (Å²) in [6.45, 7) is 4.62. The van der Waals surface area contributed by atoms with Crippen molar-refractivity contribution in [3.8, 4) is 0 Å². The van der Waals surface area contributed by atoms with Crippen LogP contribution in [0.1, 0.15) is 68.7 Å². The molecule has 1 aromatic carbocycles. The lowest BCUT2D eigenvalue weighted by atomic mass is 9.89. The molecule has 1 N–H and O–H groups in total. The minimum absolute atomic E-state index is 0.493. The molecule has 3 unspecified atom stereocenters. The lowest BCUT2D eigenvalue weighted by Gasteiger charge is -2.23. The van der Waals surface area contributed by atoms with Crippen molar-refractivity contribution in [3.63, 3.8) is 0 Å². The molecule has 0 spiro atoms. The Kier molecular flexibility index (Phi) is 5.29. The summed E-state index contributed by atoms with van der Waals surface area (Å²) in [5.74, 6) is 1.26. The summed E-state index contributed by atoms with van der Waals surface area (Å²) < 4.78 is 0. The zero-order valence-corrected chi connectivity index (χ0v) is 14.3. The standard InChI is InChI=1S/C19H29NS/c1-3-21-19-11-10-18(13-19)20-14(2)16-9-8-15-6-4-5-7-17(15)12-16/h8-9,12,14,18-20H,3-7,10-11,13H2,1-2H3. The Hall–Kier alpha value is -0.470. The number of benzene rings is 1. The Morgan fingerprint density at radius 1 is 1.19 bits per heavy atom. The second kappa shape index (κ2) is 7.19. The normalized spacial score (nSPS) is 26.6. The van der Waals surface area contributed by atoms with Gasteiger partial charge in [-0.25, -0.2) is 0 Å². The van der Waals surface area contributed by atoms with Crippen LogP contribution in [0.3, 0.4) is 0 Å². The third kappa shape index (κ3) is 3.84. The lowest BCUT2D eigenvalue weighted by Crippen LogP contribution is -2.29. The Labute approximate surface area is 134 Å². The molecule has 2 aliphatic rings. The van der Waals surface area contributed by atoms with Crippen LogP contribution in [0.15, 0.2) is 18.2 Å². The van der Waals surface area contributed by atoms with Gasteiger partial charge in [0, 0.05) is 17.3 Å². The Morgan fingerprint density at radius 2 is 2.00 bits per heavy atom. The average molecular weight is 304 g/mol. The predicted octanol–water partition coefficient (Wildman–Crippen LogP) is 4.89. The summed E-state index contributed by atoms with van der Waals surface area (Å²) in [5.41, 5.74) is 4.69. The molecular weight excluding hydrogens is 274 g/mol. The number of rotatable bonds is 5. The molecule has 0 saturated heterocycles. The number of hydrogen-bond donors (Lipinski definition) is 1. The van der Waals surface area contributed by atoms with E-state index in [0.29, 0.717) is 6.04 Å². The molecule has 2 heteroatoms. The van der Waals surface area contributed by atoms with Gasteiger partial charge in [0.1, 0.15) is 0 Å². The second-order valence-electron chi connectivity index (χ2n) is 6.71. The molecule has 3 rings (SSSR count). The average Bonchev–Trinajstić information content (AvgIpc) is 2.94. The minimum Gasteiger partial charge on any atom is -0.307 e. The van der Waals surface area contributed by atoms with E-state index in [0.717, 1.165) is 11.3 Å². The summed E-state index contributed by atoms with van der Waals surface area (Å²) in [7, 11) is 0. The van der Waals surface area contributed by atoms with Gasteiger partial charge in [0.05, 0.1) is 0 Å². The number of fused-ring (bicyclic) bond motifs is 1. The van der Waals surface area contributed by atoms with Crippen LogP contribution in [0, 0.1) is 0 Å². The van der Waals surface area contributed by atoms with Crippen molar-refractivity contribution in [2.75, 3.05) is 5.75 Å². The van der Waals surface area contributed by atoms with Crippen molar-refractivity contribution in [1.82, 2.24) is 5.32 Å². The summed E-state index contributed by atoms with van der Waals surface area (Å²) >= 11 is 2.14. The third-order valence-electron chi connectivity index (χ3n) is 5.15. The van der Waals surface area contributed by atoms with E-state index in [9.17, 15) is 0 Å². The molecule has 0 amide bonds. The van der Waals surface area contributed by atoms with Gasteiger partial charge in [-0.3, -0.25) is 0 Å². The van der Waals surface area contributed by atoms with E-state index in [1.165, 1.54) is 56.3 Å². The molecule has 116 valence electrons. The van der Waals surface area contributed by atoms with Gasteiger partial charge in [0.2, 0.25) is 0 Å². The highest BCUT2D eigenvalue weighted by Gasteiger charge is 2.25. The molecule has 0 radical (unpaired) electrons. The number of aryl methyl sites for hydroxylation is 2. The first-order chi connectivity index (χ1) is 10.3. The van der Waals surface area contributed by atoms with E-state index in [4.69, 9.17) is 0 Å². The molecule has 3 atom stereocenters. The van der Waals surface area contributed by atoms with Gasteiger partial charge in [-0.15, -0.1) is 0 Å². The van der Waals surface area contributed by atoms with Crippen LogP contribution in [-0.2, 0) is 12.8 Å². The summed E-state index contributed by atoms with van der Waals surface area (Å²) in [6.07, 6.45) is 9.42. The van der Waals surface area contributed by atoms with Crippen molar-refractivity contribution in [3.05, 3.63) is 34.9 Å². The van der Waals surface area contributed by atoms with Crippen LogP contribution < -0.4 is 5.32 Å². The van der Waals surface area contributed by atoms with E-state index in [1.54, 1.807) is 11.1 Å². The monoisotopic (exact) mass is 303 g/mol. The summed E-state index contributed by atoms with van der Waals surface area (Å²) in [5, 5.41) is 4.77. The van der Waals surface area contributed by atoms with Crippen molar-refractivity contribution in [2.24, 2.45) is 0 Å².